The molecule has 47 heavy (non-hydrogen) atoms. The lowest BCUT2D eigenvalue weighted by Gasteiger charge is -2.34. The van der Waals surface area contributed by atoms with Crippen LogP contribution in [0.3, 0.4) is 0 Å². The summed E-state index contributed by atoms with van der Waals surface area (Å²) in [6, 6.07) is 2.30. The summed E-state index contributed by atoms with van der Waals surface area (Å²) in [5, 5.41) is 21.5. The topological polar surface area (TPSA) is 163 Å². The van der Waals surface area contributed by atoms with Gasteiger partial charge in [-0.25, -0.2) is 14.4 Å². The third-order valence-electron chi connectivity index (χ3n) is 11.3. The van der Waals surface area contributed by atoms with Crippen LogP contribution >= 0.6 is 0 Å². The summed E-state index contributed by atoms with van der Waals surface area (Å²) >= 11 is 0. The number of carbonyl (C=O) groups is 4. The van der Waals surface area contributed by atoms with E-state index < -0.39 is 0 Å². The largest absolute Gasteiger partial charge is 0.444 e. The van der Waals surface area contributed by atoms with Crippen molar-refractivity contribution in [3.8, 4) is 6.07 Å². The number of ether oxygens (including phenoxy) is 2. The summed E-state index contributed by atoms with van der Waals surface area (Å²) in [4.78, 5) is 52.5. The molecule has 4 aliphatic carbocycles. The number of rotatable bonds is 8. The molecule has 0 spiro atoms. The van der Waals surface area contributed by atoms with Crippen molar-refractivity contribution in [3.05, 3.63) is 34.8 Å². The molecule has 12 heteroatoms. The SMILES string of the molecule is [C-]#[N+]/C(=C\C1CCC2NC(=O)OC2C1)C(=O)NC1CCC(CC2CCC(NC(=O)/C(C#N)=C/C3CCC4NC(=O)OC4C3)CC2)CC1. The molecule has 4 amide bonds. The molecule has 0 bridgehead atoms. The number of nitriles is 1. The van der Waals surface area contributed by atoms with Crippen molar-refractivity contribution in [3.63, 3.8) is 0 Å². The lowest BCUT2D eigenvalue weighted by molar-refractivity contribution is -0.118. The minimum Gasteiger partial charge on any atom is -0.444 e. The minimum atomic E-state index is -0.386. The van der Waals surface area contributed by atoms with Crippen LogP contribution in [0.5, 0.6) is 0 Å². The summed E-state index contributed by atoms with van der Waals surface area (Å²) in [6.07, 6.45) is 15.8. The van der Waals surface area contributed by atoms with Gasteiger partial charge in [0.15, 0.2) is 0 Å². The molecule has 6 aliphatic rings. The maximum absolute atomic E-state index is 13.0. The molecule has 2 saturated heterocycles. The molecule has 0 aromatic rings. The highest BCUT2D eigenvalue weighted by molar-refractivity contribution is 5.97. The summed E-state index contributed by atoms with van der Waals surface area (Å²) < 4.78 is 10.6. The van der Waals surface area contributed by atoms with Crippen molar-refractivity contribution in [1.29, 1.82) is 5.26 Å². The molecule has 6 atom stereocenters. The Kier molecular flexibility index (Phi) is 10.3. The summed E-state index contributed by atoms with van der Waals surface area (Å²) in [5.41, 5.74) is 0.284. The fourth-order valence-corrected chi connectivity index (χ4v) is 8.72. The number of fused-ring (bicyclic) bond motifs is 2. The zero-order valence-corrected chi connectivity index (χ0v) is 26.9. The van der Waals surface area contributed by atoms with Crippen molar-refractivity contribution in [2.45, 2.75) is 133 Å². The van der Waals surface area contributed by atoms with Crippen molar-refractivity contribution in [1.82, 2.24) is 21.3 Å². The van der Waals surface area contributed by atoms with E-state index in [4.69, 9.17) is 16.0 Å². The molecule has 2 heterocycles. The minimum absolute atomic E-state index is 0.0282. The van der Waals surface area contributed by atoms with Gasteiger partial charge in [-0.2, -0.15) is 5.26 Å². The van der Waals surface area contributed by atoms with Gasteiger partial charge >= 0.3 is 12.2 Å². The smallest absolute Gasteiger partial charge is 0.407 e. The van der Waals surface area contributed by atoms with Gasteiger partial charge in [0, 0.05) is 12.1 Å². The van der Waals surface area contributed by atoms with Gasteiger partial charge in [-0.3, -0.25) is 9.59 Å². The summed E-state index contributed by atoms with van der Waals surface area (Å²) in [6.45, 7) is 7.58. The predicted molar refractivity (Wildman–Crippen MR) is 170 cm³/mol. The van der Waals surface area contributed by atoms with Gasteiger partial charge in [0.2, 0.25) is 11.6 Å². The van der Waals surface area contributed by atoms with Crippen LogP contribution < -0.4 is 21.3 Å². The van der Waals surface area contributed by atoms with Gasteiger partial charge in [-0.05, 0) is 120 Å². The van der Waals surface area contributed by atoms with Crippen LogP contribution in [0.2, 0.25) is 0 Å². The number of hydrogen-bond acceptors (Lipinski definition) is 7. The maximum atomic E-state index is 13.0. The van der Waals surface area contributed by atoms with Gasteiger partial charge in [-0.15, -0.1) is 0 Å². The van der Waals surface area contributed by atoms with E-state index in [1.165, 1.54) is 0 Å². The number of allylic oxidation sites excluding steroid dienone is 2. The van der Waals surface area contributed by atoms with Crippen LogP contribution in [-0.4, -0.2) is 60.4 Å². The molecule has 4 N–H and O–H groups in total. The monoisotopic (exact) mass is 646 g/mol. The molecule has 6 rings (SSSR count). The molecular formula is C35H46N6O6. The van der Waals surface area contributed by atoms with Gasteiger partial charge < -0.3 is 30.7 Å². The first-order valence-corrected chi connectivity index (χ1v) is 17.5. The van der Waals surface area contributed by atoms with Crippen LogP contribution in [0.15, 0.2) is 23.4 Å². The maximum Gasteiger partial charge on any atom is 0.407 e. The third kappa shape index (κ3) is 8.27. The Morgan fingerprint density at radius 3 is 1.74 bits per heavy atom. The van der Waals surface area contributed by atoms with E-state index in [-0.39, 0.29) is 83.5 Å². The average molecular weight is 647 g/mol. The Balaban J connectivity index is 0.884. The average Bonchev–Trinajstić information content (AvgIpc) is 3.63. The van der Waals surface area contributed by atoms with Crippen LogP contribution in [-0.2, 0) is 19.1 Å². The lowest BCUT2D eigenvalue weighted by Crippen LogP contribution is -2.40. The first-order valence-electron chi connectivity index (χ1n) is 17.5. The second-order valence-corrected chi connectivity index (χ2v) is 14.5. The summed E-state index contributed by atoms with van der Waals surface area (Å²) in [5.74, 6) is 0.714. The number of alkyl carbamates (subject to hydrolysis) is 2. The number of nitrogens with zero attached hydrogens (tertiary/aromatic N) is 2. The highest BCUT2D eigenvalue weighted by Gasteiger charge is 2.40. The number of nitrogens with one attached hydrogen (secondary N) is 4. The molecular weight excluding hydrogens is 600 g/mol. The highest BCUT2D eigenvalue weighted by Crippen LogP contribution is 2.36. The van der Waals surface area contributed by atoms with E-state index in [1.54, 1.807) is 12.2 Å². The van der Waals surface area contributed by atoms with Crippen LogP contribution in [0.1, 0.15) is 96.3 Å². The predicted octanol–water partition coefficient (Wildman–Crippen LogP) is 4.53. The number of amides is 4. The molecule has 12 nitrogen and oxygen atoms in total. The lowest BCUT2D eigenvalue weighted by atomic mass is 9.75. The first-order chi connectivity index (χ1) is 22.8. The normalized spacial score (nSPS) is 37.0. The van der Waals surface area contributed by atoms with E-state index >= 15 is 0 Å². The Morgan fingerprint density at radius 2 is 1.26 bits per heavy atom. The Morgan fingerprint density at radius 1 is 0.766 bits per heavy atom. The molecule has 252 valence electrons. The zero-order valence-electron chi connectivity index (χ0n) is 26.9. The quantitative estimate of drug-likeness (QED) is 0.171. The van der Waals surface area contributed by atoms with Gasteiger partial charge in [0.1, 0.15) is 23.9 Å². The molecule has 6 unspecified atom stereocenters. The van der Waals surface area contributed by atoms with Crippen molar-refractivity contribution >= 4 is 24.0 Å². The van der Waals surface area contributed by atoms with E-state index in [2.05, 4.69) is 32.2 Å². The van der Waals surface area contributed by atoms with E-state index in [9.17, 15) is 24.4 Å². The van der Waals surface area contributed by atoms with Crippen molar-refractivity contribution < 1.29 is 28.7 Å². The second kappa shape index (κ2) is 14.8. The number of carbonyl (C=O) groups excluding carboxylic acids is 4. The molecule has 0 aromatic carbocycles. The van der Waals surface area contributed by atoms with Gasteiger partial charge in [-0.1, -0.05) is 12.2 Å². The number of hydrogen-bond donors (Lipinski definition) is 4. The first kappa shape index (κ1) is 32.9. The molecule has 4 saturated carbocycles. The molecule has 0 radical (unpaired) electrons. The van der Waals surface area contributed by atoms with Crippen LogP contribution in [0, 0.1) is 41.6 Å². The van der Waals surface area contributed by atoms with Crippen LogP contribution in [0.4, 0.5) is 9.59 Å². The Bertz CT molecular complexity index is 1260. The Hall–Kier alpha value is -4.06. The third-order valence-corrected chi connectivity index (χ3v) is 11.3. The van der Waals surface area contributed by atoms with Gasteiger partial charge in [0.25, 0.3) is 5.91 Å². The van der Waals surface area contributed by atoms with E-state index in [0.717, 1.165) is 83.5 Å². The highest BCUT2D eigenvalue weighted by atomic mass is 16.6. The van der Waals surface area contributed by atoms with Gasteiger partial charge in [0.05, 0.1) is 18.7 Å². The second-order valence-electron chi connectivity index (χ2n) is 14.5. The van der Waals surface area contributed by atoms with Crippen molar-refractivity contribution in [2.75, 3.05) is 0 Å². The molecule has 2 aliphatic heterocycles. The van der Waals surface area contributed by atoms with E-state index in [0.29, 0.717) is 24.7 Å². The fourth-order valence-electron chi connectivity index (χ4n) is 8.72. The van der Waals surface area contributed by atoms with E-state index in [1.807, 2.05) is 0 Å². The molecule has 6 fully saturated rings. The van der Waals surface area contributed by atoms with Crippen molar-refractivity contribution in [2.24, 2.45) is 23.7 Å². The van der Waals surface area contributed by atoms with Crippen LogP contribution in [0.25, 0.3) is 4.85 Å². The Labute approximate surface area is 276 Å². The zero-order chi connectivity index (χ0) is 32.9. The summed E-state index contributed by atoms with van der Waals surface area (Å²) in [7, 11) is 0. The standard InChI is InChI=1S/C35H46N6O6/c1-37-29(16-23-7-13-28-31(18-23)47-35(45)41-28)33(43)39-26-10-4-21(5-11-26)14-20-2-8-25(9-3-20)38-32(42)24(19-36)15-22-6-12-27-30(17-22)46-34(44)40-27/h15-16,20-23,25-28,30-31H,2-14,17-18H2,(H,38,42)(H,39,43)(H,40,44)(H,41,45)/b24-15+,29-16-. The fraction of sp³-hybridized carbons (Fsp3) is 0.714. The molecule has 0 aromatic heterocycles.